The number of hydrogen-bond acceptors (Lipinski definition) is 8. The highest BCUT2D eigenvalue weighted by Gasteiger charge is 2.29. The molecule has 0 aliphatic rings. The minimum Gasteiger partial charge on any atom is -0.462 e. The SMILES string of the molecule is CCCOC(=O)c1ccc(C#Cc2cc(C(=O)OCc3c(F)c(F)c(F)c(F)c3F)c(C#Cc3ccc(C(=O)OCCC)cc3)cc2C(=O)OCc2c(F)c(F)c(F)c(F)c2F)cc1. The van der Waals surface area contributed by atoms with Crippen molar-refractivity contribution in [2.24, 2.45) is 0 Å². The third-order valence-electron chi connectivity index (χ3n) is 8.69. The molecule has 0 saturated carbocycles. The zero-order chi connectivity index (χ0) is 46.8. The predicted molar refractivity (Wildman–Crippen MR) is 203 cm³/mol. The van der Waals surface area contributed by atoms with Gasteiger partial charge in [0.2, 0.25) is 11.6 Å². The van der Waals surface area contributed by atoms with E-state index in [-0.39, 0.29) is 35.5 Å². The fraction of sp³-hybridized carbons (Fsp3) is 0.174. The molecule has 5 aromatic carbocycles. The number of hydrogen-bond donors (Lipinski definition) is 0. The van der Waals surface area contributed by atoms with E-state index >= 15 is 0 Å². The van der Waals surface area contributed by atoms with E-state index in [1.165, 1.54) is 48.5 Å². The molecule has 0 aromatic heterocycles. The molecular formula is C46H28F10O8. The van der Waals surface area contributed by atoms with Crippen molar-refractivity contribution in [3.8, 4) is 23.7 Å². The van der Waals surface area contributed by atoms with Gasteiger partial charge in [-0.15, -0.1) is 0 Å². The Kier molecular flexibility index (Phi) is 15.6. The van der Waals surface area contributed by atoms with Gasteiger partial charge in [0.15, 0.2) is 46.5 Å². The maximum atomic E-state index is 14.5. The quantitative estimate of drug-likeness (QED) is 0.0305. The molecule has 64 heavy (non-hydrogen) atoms. The number of benzene rings is 5. The fourth-order valence-electron chi connectivity index (χ4n) is 5.34. The average Bonchev–Trinajstić information content (AvgIpc) is 3.30. The summed E-state index contributed by atoms with van der Waals surface area (Å²) in [5.74, 6) is -17.6. The van der Waals surface area contributed by atoms with Crippen LogP contribution in [0.2, 0.25) is 0 Å². The van der Waals surface area contributed by atoms with Gasteiger partial charge in [-0.05, 0) is 73.5 Å². The monoisotopic (exact) mass is 898 g/mol. The van der Waals surface area contributed by atoms with Gasteiger partial charge in [0.05, 0.1) is 46.6 Å². The van der Waals surface area contributed by atoms with Crippen molar-refractivity contribution in [2.45, 2.75) is 39.9 Å². The van der Waals surface area contributed by atoms with Crippen LogP contribution in [-0.4, -0.2) is 37.1 Å². The number of rotatable bonds is 12. The first-order valence-electron chi connectivity index (χ1n) is 18.6. The molecule has 0 fully saturated rings. The minimum atomic E-state index is -2.48. The van der Waals surface area contributed by atoms with Gasteiger partial charge in [0.1, 0.15) is 13.2 Å². The maximum absolute atomic E-state index is 14.5. The van der Waals surface area contributed by atoms with Crippen LogP contribution in [0.4, 0.5) is 43.9 Å². The van der Waals surface area contributed by atoms with Crippen LogP contribution in [0, 0.1) is 81.9 Å². The highest BCUT2D eigenvalue weighted by molar-refractivity contribution is 5.98. The van der Waals surface area contributed by atoms with Crippen LogP contribution in [0.1, 0.15) is 102 Å². The van der Waals surface area contributed by atoms with Crippen LogP contribution in [0.5, 0.6) is 0 Å². The average molecular weight is 899 g/mol. The lowest BCUT2D eigenvalue weighted by molar-refractivity contribution is 0.0447. The third kappa shape index (κ3) is 10.7. The first kappa shape index (κ1) is 47.4. The molecule has 0 saturated heterocycles. The maximum Gasteiger partial charge on any atom is 0.339 e. The molecule has 0 N–H and O–H groups in total. The Labute approximate surface area is 356 Å². The summed E-state index contributed by atoms with van der Waals surface area (Å²) >= 11 is 0. The topological polar surface area (TPSA) is 105 Å². The molecule has 0 aliphatic carbocycles. The molecule has 0 spiro atoms. The number of ether oxygens (including phenoxy) is 4. The van der Waals surface area contributed by atoms with Crippen LogP contribution in [-0.2, 0) is 32.2 Å². The number of carbonyl (C=O) groups is 4. The zero-order valence-corrected chi connectivity index (χ0v) is 33.1. The molecule has 0 unspecified atom stereocenters. The second-order valence-electron chi connectivity index (χ2n) is 13.1. The van der Waals surface area contributed by atoms with Gasteiger partial charge in [-0.25, -0.2) is 63.1 Å². The Hall–Kier alpha value is -7.60. The molecular weight excluding hydrogens is 870 g/mol. The highest BCUT2D eigenvalue weighted by Crippen LogP contribution is 2.27. The number of esters is 4. The van der Waals surface area contributed by atoms with Crippen LogP contribution < -0.4 is 0 Å². The van der Waals surface area contributed by atoms with Crippen molar-refractivity contribution in [1.82, 2.24) is 0 Å². The molecule has 0 atom stereocenters. The van der Waals surface area contributed by atoms with Crippen LogP contribution in [0.3, 0.4) is 0 Å². The van der Waals surface area contributed by atoms with Gasteiger partial charge in [-0.3, -0.25) is 0 Å². The summed E-state index contributed by atoms with van der Waals surface area (Å²) in [5, 5.41) is 0. The van der Waals surface area contributed by atoms with Gasteiger partial charge in [-0.2, -0.15) is 0 Å². The van der Waals surface area contributed by atoms with E-state index in [0.29, 0.717) is 12.8 Å². The van der Waals surface area contributed by atoms with Crippen molar-refractivity contribution in [2.75, 3.05) is 13.2 Å². The molecule has 8 nitrogen and oxygen atoms in total. The Bertz CT molecular complexity index is 2540. The normalized spacial score (nSPS) is 10.6. The smallest absolute Gasteiger partial charge is 0.339 e. The summed E-state index contributed by atoms with van der Waals surface area (Å²) in [7, 11) is 0. The van der Waals surface area contributed by atoms with Crippen LogP contribution >= 0.6 is 0 Å². The molecule has 5 aromatic rings. The molecule has 0 heterocycles. The van der Waals surface area contributed by atoms with Crippen molar-refractivity contribution < 1.29 is 82.0 Å². The van der Waals surface area contributed by atoms with E-state index in [4.69, 9.17) is 18.9 Å². The number of halogens is 10. The zero-order valence-electron chi connectivity index (χ0n) is 33.1. The van der Waals surface area contributed by atoms with E-state index in [2.05, 4.69) is 23.7 Å². The highest BCUT2D eigenvalue weighted by atomic mass is 19.2. The van der Waals surface area contributed by atoms with Crippen LogP contribution in [0.25, 0.3) is 0 Å². The first-order chi connectivity index (χ1) is 30.5. The summed E-state index contributed by atoms with van der Waals surface area (Å²) in [5.41, 5.74) is -4.79. The molecule has 0 bridgehead atoms. The standard InChI is InChI=1S/C46H28F10O8/c1-3-17-61-43(57)25-11-5-23(6-12-25)9-15-27-19-30(46(60)64-22-32-35(49)39(53)42(56)40(54)36(32)50)28(16-10-24-7-13-26(14-8-24)44(58)62-18-4-2)20-29(27)45(59)63-21-31-33(47)37(51)41(55)38(52)34(31)48/h5-8,11-14,19-20H,3-4,17-18,21-22H2,1-2H3. The minimum absolute atomic E-state index is 0.129. The summed E-state index contributed by atoms with van der Waals surface area (Å²) < 4.78 is 161. The van der Waals surface area contributed by atoms with E-state index in [1.807, 2.05) is 0 Å². The second kappa shape index (κ2) is 21.0. The van der Waals surface area contributed by atoms with E-state index in [0.717, 1.165) is 12.1 Å². The summed E-state index contributed by atoms with van der Waals surface area (Å²) in [4.78, 5) is 51.8. The number of carbonyl (C=O) groups excluding carboxylic acids is 4. The van der Waals surface area contributed by atoms with Gasteiger partial charge in [0, 0.05) is 22.3 Å². The van der Waals surface area contributed by atoms with Crippen molar-refractivity contribution in [3.63, 3.8) is 0 Å². The summed E-state index contributed by atoms with van der Waals surface area (Å²) in [6.07, 6.45) is 1.09. The molecule has 5 rings (SSSR count). The Balaban J connectivity index is 1.64. The second-order valence-corrected chi connectivity index (χ2v) is 13.1. The summed E-state index contributed by atoms with van der Waals surface area (Å²) in [6, 6.07) is 12.4. The Morgan fingerprint density at radius 1 is 0.406 bits per heavy atom. The molecule has 0 aliphatic heterocycles. The third-order valence-corrected chi connectivity index (χ3v) is 8.69. The first-order valence-corrected chi connectivity index (χ1v) is 18.6. The van der Waals surface area contributed by atoms with E-state index < -0.39 is 129 Å². The van der Waals surface area contributed by atoms with E-state index in [1.54, 1.807) is 13.8 Å². The van der Waals surface area contributed by atoms with Crippen LogP contribution in [0.15, 0.2) is 60.7 Å². The predicted octanol–water partition coefficient (Wildman–Crippen LogP) is 9.72. The largest absolute Gasteiger partial charge is 0.462 e. The Morgan fingerprint density at radius 2 is 0.703 bits per heavy atom. The lowest BCUT2D eigenvalue weighted by Gasteiger charge is -2.13. The van der Waals surface area contributed by atoms with Gasteiger partial charge < -0.3 is 18.9 Å². The summed E-state index contributed by atoms with van der Waals surface area (Å²) in [6.45, 7) is 0.761. The van der Waals surface area contributed by atoms with Gasteiger partial charge in [0.25, 0.3) is 0 Å². The Morgan fingerprint density at radius 3 is 1.00 bits per heavy atom. The van der Waals surface area contributed by atoms with Crippen molar-refractivity contribution in [1.29, 1.82) is 0 Å². The molecule has 0 radical (unpaired) electrons. The molecule has 0 amide bonds. The van der Waals surface area contributed by atoms with Crippen molar-refractivity contribution >= 4 is 23.9 Å². The van der Waals surface area contributed by atoms with Gasteiger partial charge >= 0.3 is 23.9 Å². The lowest BCUT2D eigenvalue weighted by Crippen LogP contribution is -2.15. The van der Waals surface area contributed by atoms with E-state index in [9.17, 15) is 63.1 Å². The molecule has 330 valence electrons. The molecule has 18 heteroatoms. The fourth-order valence-corrected chi connectivity index (χ4v) is 5.34. The van der Waals surface area contributed by atoms with Crippen molar-refractivity contribution in [3.05, 3.63) is 174 Å². The lowest BCUT2D eigenvalue weighted by atomic mass is 9.97. The van der Waals surface area contributed by atoms with Gasteiger partial charge in [-0.1, -0.05) is 37.5 Å².